The van der Waals surface area contributed by atoms with Crippen LogP contribution >= 0.6 is 0 Å². The lowest BCUT2D eigenvalue weighted by Crippen LogP contribution is -2.50. The van der Waals surface area contributed by atoms with Crippen molar-refractivity contribution in [1.82, 2.24) is 9.47 Å². The molecule has 2 aliphatic rings. The van der Waals surface area contributed by atoms with E-state index < -0.39 is 11.8 Å². The Balaban J connectivity index is 1.79. The lowest BCUT2D eigenvalue weighted by atomic mass is 10.0. The molecule has 2 atom stereocenters. The third-order valence-corrected chi connectivity index (χ3v) is 5.86. The molecule has 0 fully saturated rings. The zero-order valence-corrected chi connectivity index (χ0v) is 18.0. The maximum absolute atomic E-state index is 13.5. The first kappa shape index (κ1) is 21.1. The topological polar surface area (TPSA) is 75.7 Å². The Labute approximate surface area is 181 Å². The summed E-state index contributed by atoms with van der Waals surface area (Å²) in [6.45, 7) is 4.60. The molecule has 0 saturated carbocycles. The summed E-state index contributed by atoms with van der Waals surface area (Å²) < 4.78 is 6.51. The van der Waals surface area contributed by atoms with Crippen LogP contribution in [0.4, 0.5) is 0 Å². The lowest BCUT2D eigenvalue weighted by Gasteiger charge is -2.31. The number of nitrogens with zero attached hydrogens (tertiary/aromatic N) is 2. The number of carbonyl (C=O) groups is 1. The van der Waals surface area contributed by atoms with Crippen molar-refractivity contribution < 1.29 is 14.3 Å². The molecular weight excluding hydrogens is 392 g/mol. The van der Waals surface area contributed by atoms with Gasteiger partial charge in [0.25, 0.3) is 5.56 Å². The summed E-state index contributed by atoms with van der Waals surface area (Å²) in [5, 5.41) is 12.6. The minimum atomic E-state index is -1.15. The first-order chi connectivity index (χ1) is 15.0. The highest BCUT2D eigenvalue weighted by Crippen LogP contribution is 2.24. The molecule has 162 valence electrons. The maximum Gasteiger partial charge on any atom is 0.265 e. The van der Waals surface area contributed by atoms with Gasteiger partial charge in [0.2, 0.25) is 5.91 Å². The Morgan fingerprint density at radius 3 is 2.81 bits per heavy atom. The molecule has 4 rings (SSSR count). The van der Waals surface area contributed by atoms with Crippen LogP contribution in [-0.2, 0) is 6.42 Å². The quantitative estimate of drug-likeness (QED) is 0.727. The second-order valence-corrected chi connectivity index (χ2v) is 8.08. The normalized spacial score (nSPS) is 18.4. The van der Waals surface area contributed by atoms with Gasteiger partial charge in [0.1, 0.15) is 5.76 Å². The minimum absolute atomic E-state index is 0.0179. The summed E-state index contributed by atoms with van der Waals surface area (Å²) in [5.41, 5.74) is 0.601. The zero-order valence-electron chi connectivity index (χ0n) is 18.0. The molecule has 0 aliphatic heterocycles. The van der Waals surface area contributed by atoms with Gasteiger partial charge in [-0.25, -0.2) is 4.57 Å². The van der Waals surface area contributed by atoms with E-state index in [4.69, 9.17) is 4.42 Å². The Morgan fingerprint density at radius 2 is 2.13 bits per heavy atom. The molecular formula is C25H28N2O4. The lowest BCUT2D eigenvalue weighted by molar-refractivity contribution is 0.0310. The average Bonchev–Trinajstić information content (AvgIpc) is 3.28. The molecule has 2 unspecified atom stereocenters. The van der Waals surface area contributed by atoms with Crippen LogP contribution in [0.1, 0.15) is 55.5 Å². The summed E-state index contributed by atoms with van der Waals surface area (Å²) in [7, 11) is 0. The molecule has 0 radical (unpaired) electrons. The second kappa shape index (κ2) is 8.94. The Hall–Kier alpha value is -3.12. The number of aliphatic hydroxyl groups is 1. The maximum atomic E-state index is 13.5. The fourth-order valence-electron chi connectivity index (χ4n) is 4.17. The molecule has 0 spiro atoms. The van der Waals surface area contributed by atoms with Crippen LogP contribution in [0.3, 0.4) is 0 Å². The van der Waals surface area contributed by atoms with E-state index >= 15 is 0 Å². The molecule has 2 aliphatic carbocycles. The Kier molecular flexibility index (Phi) is 6.09. The number of pyridine rings is 1. The largest absolute Gasteiger partial charge is 0.469 e. The van der Waals surface area contributed by atoms with Crippen LogP contribution in [0, 0.1) is 5.92 Å². The number of aliphatic hydroxyl groups excluding tert-OH is 1. The van der Waals surface area contributed by atoms with Gasteiger partial charge in [0.05, 0.1) is 23.6 Å². The number of hydrogen-bond donors (Lipinski definition) is 1. The van der Waals surface area contributed by atoms with Gasteiger partial charge in [-0.1, -0.05) is 31.2 Å². The molecule has 0 bridgehead atoms. The van der Waals surface area contributed by atoms with Crippen molar-refractivity contribution in [3.63, 3.8) is 0 Å². The van der Waals surface area contributed by atoms with Crippen molar-refractivity contribution in [3.8, 4) is 0 Å². The third-order valence-electron chi connectivity index (χ3n) is 5.86. The summed E-state index contributed by atoms with van der Waals surface area (Å²) in [6, 6.07) is 5.16. The number of furan rings is 1. The van der Waals surface area contributed by atoms with E-state index in [9.17, 15) is 14.7 Å². The van der Waals surface area contributed by atoms with Crippen molar-refractivity contribution in [1.29, 1.82) is 0 Å². The van der Waals surface area contributed by atoms with Crippen LogP contribution in [0.25, 0.3) is 12.2 Å². The molecule has 31 heavy (non-hydrogen) atoms. The van der Waals surface area contributed by atoms with Gasteiger partial charge in [-0.05, 0) is 61.6 Å². The summed E-state index contributed by atoms with van der Waals surface area (Å²) in [4.78, 5) is 28.4. The van der Waals surface area contributed by atoms with E-state index in [2.05, 4.69) is 19.1 Å². The van der Waals surface area contributed by atoms with Crippen molar-refractivity contribution in [2.75, 3.05) is 6.54 Å². The van der Waals surface area contributed by atoms with Crippen molar-refractivity contribution in [2.24, 2.45) is 5.92 Å². The highest BCUT2D eigenvalue weighted by atomic mass is 16.3. The molecule has 2 aromatic rings. The van der Waals surface area contributed by atoms with Crippen molar-refractivity contribution >= 4 is 18.1 Å². The fourth-order valence-corrected chi connectivity index (χ4v) is 4.17. The van der Waals surface area contributed by atoms with E-state index in [1.54, 1.807) is 23.1 Å². The highest BCUT2D eigenvalue weighted by Gasteiger charge is 2.25. The number of likely N-dealkylation sites (N-methyl/N-ethyl adjacent to an activating group) is 1. The number of carbonyl (C=O) groups excluding carboxylic acids is 1. The van der Waals surface area contributed by atoms with Crippen LogP contribution in [0.15, 0.2) is 57.6 Å². The van der Waals surface area contributed by atoms with Crippen LogP contribution in [0.2, 0.25) is 0 Å². The molecule has 2 heterocycles. The number of allylic oxidation sites excluding steroid dienone is 3. The zero-order chi connectivity index (χ0) is 22.0. The molecule has 0 saturated heterocycles. The first-order valence-corrected chi connectivity index (χ1v) is 10.8. The van der Waals surface area contributed by atoms with E-state index in [1.807, 2.05) is 25.2 Å². The van der Waals surface area contributed by atoms with Gasteiger partial charge in [-0.2, -0.15) is 0 Å². The number of rotatable bonds is 6. The van der Waals surface area contributed by atoms with Crippen LogP contribution in [0.5, 0.6) is 0 Å². The fraction of sp³-hybridized carbons (Fsp3) is 0.360. The number of hydrogen-bond acceptors (Lipinski definition) is 5. The average molecular weight is 421 g/mol. The summed E-state index contributed by atoms with van der Waals surface area (Å²) in [6.07, 6.45) is 12.9. The van der Waals surface area contributed by atoms with Gasteiger partial charge < -0.3 is 14.4 Å². The molecule has 0 amide bonds. The Morgan fingerprint density at radius 1 is 1.32 bits per heavy atom. The SMILES string of the molecule is CCN(C1=CCC(C)C=C1)C(O)c1cc2c(n(C(=O)Cc3ccco3)c1=O)=CCCC=2. The molecule has 0 aromatic carbocycles. The van der Waals surface area contributed by atoms with Crippen LogP contribution < -0.4 is 16.1 Å². The van der Waals surface area contributed by atoms with Crippen molar-refractivity contribution in [2.45, 2.75) is 45.8 Å². The first-order valence-electron chi connectivity index (χ1n) is 10.8. The third kappa shape index (κ3) is 4.21. The Bertz CT molecular complexity index is 1200. The molecule has 6 heteroatoms. The van der Waals surface area contributed by atoms with E-state index in [0.717, 1.165) is 30.2 Å². The number of aromatic nitrogens is 1. The van der Waals surface area contributed by atoms with Gasteiger partial charge in [-0.15, -0.1) is 0 Å². The standard InChI is InChI=1S/C25H28N2O4/c1-3-26(19-12-10-17(2)11-13-19)24(29)21-15-18-7-4-5-9-22(18)27(25(21)30)23(28)16-20-8-6-14-31-20/h6-10,12-15,17,24,29H,3-5,11,16H2,1-2H3. The van der Waals surface area contributed by atoms with E-state index in [-0.39, 0.29) is 17.9 Å². The highest BCUT2D eigenvalue weighted by molar-refractivity contribution is 5.81. The minimum Gasteiger partial charge on any atom is -0.469 e. The molecule has 6 nitrogen and oxygen atoms in total. The monoisotopic (exact) mass is 420 g/mol. The summed E-state index contributed by atoms with van der Waals surface area (Å²) in [5.74, 6) is 0.577. The van der Waals surface area contributed by atoms with E-state index in [0.29, 0.717) is 23.6 Å². The van der Waals surface area contributed by atoms with Gasteiger partial charge in [-0.3, -0.25) is 9.59 Å². The second-order valence-electron chi connectivity index (χ2n) is 8.08. The predicted octanol–water partition coefficient (Wildman–Crippen LogP) is 2.47. The van der Waals surface area contributed by atoms with Gasteiger partial charge >= 0.3 is 0 Å². The predicted molar refractivity (Wildman–Crippen MR) is 119 cm³/mol. The number of fused-ring (bicyclic) bond motifs is 1. The molecule has 2 aromatic heterocycles. The van der Waals surface area contributed by atoms with Crippen LogP contribution in [-0.4, -0.2) is 27.0 Å². The summed E-state index contributed by atoms with van der Waals surface area (Å²) >= 11 is 0. The van der Waals surface area contributed by atoms with E-state index in [1.165, 1.54) is 10.8 Å². The van der Waals surface area contributed by atoms with Gasteiger partial charge in [0, 0.05) is 12.2 Å². The molecule has 1 N–H and O–H groups in total. The smallest absolute Gasteiger partial charge is 0.265 e. The van der Waals surface area contributed by atoms with Crippen molar-refractivity contribution in [3.05, 3.63) is 80.6 Å². The van der Waals surface area contributed by atoms with Gasteiger partial charge in [0.15, 0.2) is 6.23 Å².